The number of halogens is 1. The fourth-order valence-electron chi connectivity index (χ4n) is 4.25. The van der Waals surface area contributed by atoms with Crippen LogP contribution in [-0.2, 0) is 44.6 Å². The molecule has 4 atom stereocenters. The highest BCUT2D eigenvalue weighted by atomic mass is 127. The number of hydrogen-bond donors (Lipinski definition) is 3. The molecular weight excluding hydrogens is 763 g/mol. The Balaban J connectivity index is 2.24. The van der Waals surface area contributed by atoms with Crippen molar-refractivity contribution in [2.75, 3.05) is 37.6 Å². The van der Waals surface area contributed by atoms with Gasteiger partial charge in [-0.25, -0.2) is 4.98 Å². The molecule has 0 aliphatic heterocycles. The van der Waals surface area contributed by atoms with Gasteiger partial charge in [0.1, 0.15) is 17.0 Å². The van der Waals surface area contributed by atoms with Crippen molar-refractivity contribution in [3.8, 4) is 0 Å². The van der Waals surface area contributed by atoms with Crippen molar-refractivity contribution in [1.29, 1.82) is 0 Å². The Kier molecular flexibility index (Phi) is 17.5. The zero-order chi connectivity index (χ0) is 35.0. The van der Waals surface area contributed by atoms with Gasteiger partial charge in [0.2, 0.25) is 11.8 Å². The highest BCUT2D eigenvalue weighted by molar-refractivity contribution is 14.1. The van der Waals surface area contributed by atoms with E-state index in [0.29, 0.717) is 22.1 Å². The molecule has 47 heavy (non-hydrogen) atoms. The average Bonchev–Trinajstić information content (AvgIpc) is 3.48. The summed E-state index contributed by atoms with van der Waals surface area (Å²) in [6, 6.07) is 5.43. The number of carbonyl (C=O) groups excluding carboxylic acids is 6. The van der Waals surface area contributed by atoms with Crippen molar-refractivity contribution >= 4 is 80.3 Å². The second-order valence-electron chi connectivity index (χ2n) is 10.6. The molecule has 3 amide bonds. The predicted octanol–water partition coefficient (Wildman–Crippen LogP) is 2.42. The number of thioether (sulfide) groups is 1. The van der Waals surface area contributed by atoms with Gasteiger partial charge in [0.25, 0.3) is 5.91 Å². The van der Waals surface area contributed by atoms with Crippen LogP contribution in [0.15, 0.2) is 36.5 Å². The number of nitrogens with zero attached hydrogens (tertiary/aromatic N) is 1. The number of ketones is 1. The van der Waals surface area contributed by atoms with Crippen LogP contribution >= 0.6 is 45.7 Å². The van der Waals surface area contributed by atoms with Gasteiger partial charge in [-0.2, -0.15) is 0 Å². The molecule has 0 bridgehead atoms. The second-order valence-corrected chi connectivity index (χ2v) is 13.9. The molecule has 1 aromatic carbocycles. The zero-order valence-electron chi connectivity index (χ0n) is 27.0. The normalized spacial score (nSPS) is 14.2. The number of aryl methyl sites for hydroxylation is 1. The quantitative estimate of drug-likeness (QED) is 0.0775. The Morgan fingerprint density at radius 3 is 2.09 bits per heavy atom. The molecule has 1 heterocycles. The lowest BCUT2D eigenvalue weighted by molar-refractivity contribution is -0.164. The molecule has 13 nitrogen and oxygen atoms in total. The van der Waals surface area contributed by atoms with E-state index in [0.717, 1.165) is 28.7 Å². The van der Waals surface area contributed by atoms with Crippen molar-refractivity contribution in [2.45, 2.75) is 63.8 Å². The first-order chi connectivity index (χ1) is 22.3. The number of ether oxygens (including phenoxy) is 3. The number of methoxy groups -OCH3 is 2. The van der Waals surface area contributed by atoms with E-state index >= 15 is 0 Å². The first kappa shape index (κ1) is 40.2. The Bertz CT molecular complexity index is 1380. The minimum absolute atomic E-state index is 0.0131. The summed E-state index contributed by atoms with van der Waals surface area (Å²) in [6.07, 6.45) is 1.89. The molecule has 0 fully saturated rings. The topological polar surface area (TPSA) is 179 Å². The minimum Gasteiger partial charge on any atom is -0.450 e. The van der Waals surface area contributed by atoms with E-state index in [1.807, 2.05) is 28.7 Å². The molecule has 4 unspecified atom stereocenters. The van der Waals surface area contributed by atoms with Gasteiger partial charge in [0.15, 0.2) is 16.5 Å². The summed E-state index contributed by atoms with van der Waals surface area (Å²) in [5.41, 5.74) is -0.843. The Labute approximate surface area is 296 Å². The van der Waals surface area contributed by atoms with Crippen LogP contribution in [0.5, 0.6) is 0 Å². The minimum atomic E-state index is -1.58. The lowest BCUT2D eigenvalue weighted by Gasteiger charge is -2.31. The number of esters is 1. The van der Waals surface area contributed by atoms with E-state index in [1.165, 1.54) is 34.3 Å². The Hall–Kier alpha value is -2.93. The molecule has 2 aromatic rings. The third-order valence-electron chi connectivity index (χ3n) is 6.63. The monoisotopic (exact) mass is 804 g/mol. The summed E-state index contributed by atoms with van der Waals surface area (Å²) >= 11 is 4.22. The fourth-order valence-corrected chi connectivity index (χ4v) is 6.03. The molecule has 0 saturated heterocycles. The fraction of sp³-hybridized carbons (Fsp3) is 0.516. The summed E-state index contributed by atoms with van der Waals surface area (Å²) in [6.45, 7) is 4.25. The number of benzene rings is 1. The first-order valence-corrected chi connectivity index (χ1v) is 18.0. The van der Waals surface area contributed by atoms with Crippen molar-refractivity contribution in [3.05, 3.63) is 52.0 Å². The molecule has 1 aromatic heterocycles. The molecule has 2 rings (SSSR count). The lowest BCUT2D eigenvalue weighted by atomic mass is 9.92. The van der Waals surface area contributed by atoms with Crippen LogP contribution in [0.25, 0.3) is 0 Å². The van der Waals surface area contributed by atoms with Crippen LogP contribution in [-0.4, -0.2) is 101 Å². The number of amides is 3. The van der Waals surface area contributed by atoms with E-state index in [4.69, 9.17) is 14.2 Å². The number of hydrogen-bond acceptors (Lipinski definition) is 12. The molecule has 0 spiro atoms. The molecular formula is C31H41IN4O9S2. The third kappa shape index (κ3) is 13.6. The molecule has 0 aliphatic carbocycles. The van der Waals surface area contributed by atoms with E-state index in [1.54, 1.807) is 31.2 Å². The number of carbonyl (C=O) groups is 6. The molecule has 16 heteroatoms. The molecule has 0 aliphatic rings. The largest absolute Gasteiger partial charge is 0.450 e. The first-order valence-electron chi connectivity index (χ1n) is 14.6. The van der Waals surface area contributed by atoms with Gasteiger partial charge in [-0.1, -0.05) is 64.7 Å². The van der Waals surface area contributed by atoms with Crippen molar-refractivity contribution in [2.24, 2.45) is 0 Å². The maximum atomic E-state index is 14.0. The van der Waals surface area contributed by atoms with E-state index < -0.39 is 53.2 Å². The van der Waals surface area contributed by atoms with Crippen LogP contribution in [0.1, 0.15) is 46.9 Å². The highest BCUT2D eigenvalue weighted by Gasteiger charge is 2.42. The highest BCUT2D eigenvalue weighted by Crippen LogP contribution is 2.22. The predicted molar refractivity (Wildman–Crippen MR) is 187 cm³/mol. The van der Waals surface area contributed by atoms with Crippen LogP contribution in [0.4, 0.5) is 0 Å². The zero-order valence-corrected chi connectivity index (χ0v) is 30.8. The van der Waals surface area contributed by atoms with Crippen LogP contribution in [0.3, 0.4) is 0 Å². The van der Waals surface area contributed by atoms with Crippen LogP contribution in [0, 0.1) is 6.92 Å². The molecule has 0 radical (unpaired) electrons. The number of thiazole rings is 1. The molecule has 3 N–H and O–H groups in total. The summed E-state index contributed by atoms with van der Waals surface area (Å²) in [4.78, 5) is 81.9. The van der Waals surface area contributed by atoms with Crippen molar-refractivity contribution in [1.82, 2.24) is 20.9 Å². The van der Waals surface area contributed by atoms with E-state index in [9.17, 15) is 28.8 Å². The summed E-state index contributed by atoms with van der Waals surface area (Å²) in [5.74, 6) is -2.66. The molecule has 0 saturated carbocycles. The summed E-state index contributed by atoms with van der Waals surface area (Å²) in [5, 5.41) is 8.53. The van der Waals surface area contributed by atoms with Crippen LogP contribution in [0.2, 0.25) is 0 Å². The smallest absolute Gasteiger partial charge is 0.306 e. The summed E-state index contributed by atoms with van der Waals surface area (Å²) < 4.78 is 16.1. The van der Waals surface area contributed by atoms with Gasteiger partial charge in [-0.3, -0.25) is 28.8 Å². The van der Waals surface area contributed by atoms with E-state index in [2.05, 4.69) is 20.9 Å². The van der Waals surface area contributed by atoms with Gasteiger partial charge >= 0.3 is 5.97 Å². The van der Waals surface area contributed by atoms with Crippen molar-refractivity contribution in [3.63, 3.8) is 0 Å². The maximum Gasteiger partial charge on any atom is 0.306 e. The Morgan fingerprint density at radius 2 is 1.55 bits per heavy atom. The maximum absolute atomic E-state index is 14.0. The van der Waals surface area contributed by atoms with E-state index in [-0.39, 0.29) is 35.6 Å². The summed E-state index contributed by atoms with van der Waals surface area (Å²) in [7, 11) is 2.71. The lowest BCUT2D eigenvalue weighted by Crippen LogP contribution is -2.60. The molecule has 258 valence electrons. The number of nitrogens with one attached hydrogen (secondary N) is 3. The van der Waals surface area contributed by atoms with Gasteiger partial charge < -0.3 is 30.2 Å². The number of alkyl halides is 1. The standard InChI is InChI=1S/C31H41IN4O9S2/c1-19-33-15-25(47-19)30(42)36-24(17-44-5)29(41)35-23(16-43-4)28(40)34-22(14-21-10-7-6-8-11-21)27(39)31(3,18-32)45-26(38)12-9-13-46-20(2)37/h6-8,10-11,15,22-24H,9,12-14,16-18H2,1-5H3,(H,34,40)(H,35,41)(H,36,42). The van der Waals surface area contributed by atoms with Gasteiger partial charge in [-0.15, -0.1) is 11.3 Å². The average molecular weight is 805 g/mol. The van der Waals surface area contributed by atoms with Gasteiger partial charge in [0, 0.05) is 37.7 Å². The number of Topliss-reactive ketones (excluding diaryl/α,β-unsaturated/α-hetero) is 1. The third-order valence-corrected chi connectivity index (χ3v) is 9.89. The van der Waals surface area contributed by atoms with Gasteiger partial charge in [-0.05, 0) is 32.3 Å². The number of rotatable bonds is 20. The van der Waals surface area contributed by atoms with Gasteiger partial charge in [0.05, 0.1) is 30.5 Å². The SMILES string of the molecule is COCC(NC(=O)c1cnc(C)s1)C(=O)NC(COC)C(=O)NC(Cc1ccccc1)C(=O)C(C)(CI)OC(=O)CCCSC(C)=O. The number of aromatic nitrogens is 1. The van der Waals surface area contributed by atoms with Crippen LogP contribution < -0.4 is 16.0 Å². The van der Waals surface area contributed by atoms with Crippen molar-refractivity contribution < 1.29 is 43.0 Å². The second kappa shape index (κ2) is 20.4. The Morgan fingerprint density at radius 1 is 0.957 bits per heavy atom.